The molecular formula is C29H29N3O3. The Balaban J connectivity index is 1.01. The third-order valence-electron chi connectivity index (χ3n) is 6.97. The number of hydrogen-bond acceptors (Lipinski definition) is 6. The molecule has 6 heteroatoms. The lowest BCUT2D eigenvalue weighted by molar-refractivity contribution is 0.193. The van der Waals surface area contributed by atoms with Crippen LogP contribution in [-0.2, 0) is 0 Å². The minimum Gasteiger partial charge on any atom is -0.493 e. The van der Waals surface area contributed by atoms with Crippen LogP contribution in [0.5, 0.6) is 5.75 Å². The normalized spacial score (nSPS) is 15.2. The molecule has 6 nitrogen and oxygen atoms in total. The summed E-state index contributed by atoms with van der Waals surface area (Å²) >= 11 is 0. The topological polar surface area (TPSA) is 64.5 Å². The van der Waals surface area contributed by atoms with Crippen molar-refractivity contribution in [2.75, 3.05) is 26.2 Å². The summed E-state index contributed by atoms with van der Waals surface area (Å²) in [5, 5.41) is 11.5. The highest BCUT2D eigenvalue weighted by Crippen LogP contribution is 2.33. The van der Waals surface area contributed by atoms with Gasteiger partial charge in [0.15, 0.2) is 5.76 Å². The Hall–Kier alpha value is -3.64. The fourth-order valence-corrected chi connectivity index (χ4v) is 5.08. The van der Waals surface area contributed by atoms with Gasteiger partial charge in [-0.1, -0.05) is 48.5 Å². The van der Waals surface area contributed by atoms with Gasteiger partial charge in [-0.15, -0.1) is 10.2 Å². The van der Waals surface area contributed by atoms with Gasteiger partial charge in [0, 0.05) is 19.5 Å². The average molecular weight is 468 g/mol. The number of fused-ring (bicyclic) bond motifs is 2. The standard InChI is InChI=1S/C29H29N3O3/c1-20-30-31-29(34-20)28-19-25-26(8-4-9-27(25)35-28)33-17-5-14-32-15-12-22(13-16-32)24-11-10-21-6-2-3-7-23(21)18-24/h2-4,6-11,18-19,22H,5,12-17H2,1H3. The first-order valence-corrected chi connectivity index (χ1v) is 12.4. The predicted octanol–water partition coefficient (Wildman–Crippen LogP) is 6.59. The SMILES string of the molecule is Cc1nnc(-c2cc3c(OCCCN4CCC(c5ccc6ccccc6c5)CC4)cccc3o2)o1. The van der Waals surface area contributed by atoms with Crippen molar-refractivity contribution >= 4 is 21.7 Å². The highest BCUT2D eigenvalue weighted by atomic mass is 16.5. The van der Waals surface area contributed by atoms with Crippen LogP contribution in [0, 0.1) is 6.92 Å². The fourth-order valence-electron chi connectivity index (χ4n) is 5.08. The first-order chi connectivity index (χ1) is 17.2. The molecule has 0 atom stereocenters. The number of rotatable bonds is 7. The Morgan fingerprint density at radius 1 is 0.914 bits per heavy atom. The lowest BCUT2D eigenvalue weighted by Gasteiger charge is -2.32. The van der Waals surface area contributed by atoms with Crippen LogP contribution in [0.25, 0.3) is 33.4 Å². The maximum atomic E-state index is 6.14. The Morgan fingerprint density at radius 3 is 2.60 bits per heavy atom. The van der Waals surface area contributed by atoms with Crippen LogP contribution < -0.4 is 4.74 Å². The smallest absolute Gasteiger partial charge is 0.283 e. The maximum Gasteiger partial charge on any atom is 0.283 e. The minimum atomic E-state index is 0.386. The van der Waals surface area contributed by atoms with Gasteiger partial charge in [-0.25, -0.2) is 0 Å². The number of ether oxygens (including phenoxy) is 1. The van der Waals surface area contributed by atoms with Gasteiger partial charge in [-0.2, -0.15) is 0 Å². The van der Waals surface area contributed by atoms with E-state index in [-0.39, 0.29) is 0 Å². The van der Waals surface area contributed by atoms with E-state index < -0.39 is 0 Å². The number of aromatic nitrogens is 2. The van der Waals surface area contributed by atoms with Crippen LogP contribution in [-0.4, -0.2) is 41.3 Å². The van der Waals surface area contributed by atoms with Crippen molar-refractivity contribution in [2.24, 2.45) is 0 Å². The van der Waals surface area contributed by atoms with Gasteiger partial charge in [0.2, 0.25) is 5.89 Å². The molecule has 1 fully saturated rings. The second kappa shape index (κ2) is 9.55. The second-order valence-electron chi connectivity index (χ2n) is 9.33. The Labute approximate surface area is 204 Å². The summed E-state index contributed by atoms with van der Waals surface area (Å²) < 4.78 is 17.5. The van der Waals surface area contributed by atoms with E-state index in [1.54, 1.807) is 6.92 Å². The first kappa shape index (κ1) is 21.9. The molecule has 0 saturated carbocycles. The van der Waals surface area contributed by atoms with Gasteiger partial charge >= 0.3 is 0 Å². The highest BCUT2D eigenvalue weighted by molar-refractivity contribution is 5.87. The third kappa shape index (κ3) is 4.66. The van der Waals surface area contributed by atoms with E-state index in [1.165, 1.54) is 29.2 Å². The number of aryl methyl sites for hydroxylation is 1. The number of furan rings is 1. The van der Waals surface area contributed by atoms with Crippen molar-refractivity contribution < 1.29 is 13.6 Å². The molecule has 0 spiro atoms. The fraction of sp³-hybridized carbons (Fsp3) is 0.310. The van der Waals surface area contributed by atoms with E-state index in [9.17, 15) is 0 Å². The second-order valence-corrected chi connectivity index (χ2v) is 9.33. The molecular weight excluding hydrogens is 438 g/mol. The summed E-state index contributed by atoms with van der Waals surface area (Å²) in [6, 6.07) is 23.4. The van der Waals surface area contributed by atoms with E-state index in [0.29, 0.717) is 30.1 Å². The molecule has 6 rings (SSSR count). The van der Waals surface area contributed by atoms with Gasteiger partial charge in [0.05, 0.1) is 12.0 Å². The predicted molar refractivity (Wildman–Crippen MR) is 137 cm³/mol. The molecule has 0 N–H and O–H groups in total. The van der Waals surface area contributed by atoms with Crippen LogP contribution in [0.15, 0.2) is 75.6 Å². The molecule has 3 heterocycles. The van der Waals surface area contributed by atoms with Gasteiger partial charge in [-0.3, -0.25) is 0 Å². The summed E-state index contributed by atoms with van der Waals surface area (Å²) in [5.74, 6) is 2.94. The van der Waals surface area contributed by atoms with Crippen LogP contribution in [0.1, 0.15) is 36.6 Å². The Morgan fingerprint density at radius 2 is 1.77 bits per heavy atom. The molecule has 3 aromatic carbocycles. The molecule has 5 aromatic rings. The van der Waals surface area contributed by atoms with Crippen LogP contribution in [0.3, 0.4) is 0 Å². The number of nitrogens with zero attached hydrogens (tertiary/aromatic N) is 3. The number of benzene rings is 3. The molecule has 2 aromatic heterocycles. The lowest BCUT2D eigenvalue weighted by Crippen LogP contribution is -2.34. The summed E-state index contributed by atoms with van der Waals surface area (Å²) in [4.78, 5) is 2.56. The molecule has 0 aliphatic carbocycles. The first-order valence-electron chi connectivity index (χ1n) is 12.4. The largest absolute Gasteiger partial charge is 0.493 e. The molecule has 0 unspecified atom stereocenters. The van der Waals surface area contributed by atoms with Gasteiger partial charge in [0.1, 0.15) is 11.3 Å². The molecule has 0 amide bonds. The Kier molecular flexibility index (Phi) is 5.96. The lowest BCUT2D eigenvalue weighted by atomic mass is 9.88. The quantitative estimate of drug-likeness (QED) is 0.252. The third-order valence-corrected chi connectivity index (χ3v) is 6.97. The zero-order chi connectivity index (χ0) is 23.6. The molecule has 1 saturated heterocycles. The molecule has 35 heavy (non-hydrogen) atoms. The molecule has 1 aliphatic rings. The highest BCUT2D eigenvalue weighted by Gasteiger charge is 2.21. The van der Waals surface area contributed by atoms with Crippen molar-refractivity contribution in [3.8, 4) is 17.4 Å². The van der Waals surface area contributed by atoms with Crippen LogP contribution in [0.4, 0.5) is 0 Å². The van der Waals surface area contributed by atoms with E-state index >= 15 is 0 Å². The minimum absolute atomic E-state index is 0.386. The molecule has 0 radical (unpaired) electrons. The summed E-state index contributed by atoms with van der Waals surface area (Å²) in [5.41, 5.74) is 2.24. The molecule has 0 bridgehead atoms. The Bertz CT molecular complexity index is 1450. The number of piperidine rings is 1. The van der Waals surface area contributed by atoms with Gasteiger partial charge in [-0.05, 0) is 66.7 Å². The summed E-state index contributed by atoms with van der Waals surface area (Å²) in [6.07, 6.45) is 3.42. The van der Waals surface area contributed by atoms with Crippen molar-refractivity contribution in [3.63, 3.8) is 0 Å². The van der Waals surface area contributed by atoms with E-state index in [4.69, 9.17) is 13.6 Å². The van der Waals surface area contributed by atoms with Crippen LogP contribution >= 0.6 is 0 Å². The van der Waals surface area contributed by atoms with Crippen LogP contribution in [0.2, 0.25) is 0 Å². The monoisotopic (exact) mass is 467 g/mol. The number of hydrogen-bond donors (Lipinski definition) is 0. The van der Waals surface area contributed by atoms with Crippen molar-refractivity contribution in [3.05, 3.63) is 78.2 Å². The van der Waals surface area contributed by atoms with E-state index in [0.717, 1.165) is 42.8 Å². The number of likely N-dealkylation sites (tertiary alicyclic amines) is 1. The van der Waals surface area contributed by atoms with Crippen molar-refractivity contribution in [2.45, 2.75) is 32.1 Å². The van der Waals surface area contributed by atoms with Crippen molar-refractivity contribution in [1.82, 2.24) is 15.1 Å². The zero-order valence-electron chi connectivity index (χ0n) is 19.9. The summed E-state index contributed by atoms with van der Waals surface area (Å²) in [6.45, 7) is 5.77. The van der Waals surface area contributed by atoms with Crippen molar-refractivity contribution in [1.29, 1.82) is 0 Å². The zero-order valence-corrected chi connectivity index (χ0v) is 19.9. The van der Waals surface area contributed by atoms with Gasteiger partial charge < -0.3 is 18.5 Å². The molecule has 1 aliphatic heterocycles. The maximum absolute atomic E-state index is 6.14. The summed E-state index contributed by atoms with van der Waals surface area (Å²) in [7, 11) is 0. The van der Waals surface area contributed by atoms with Gasteiger partial charge in [0.25, 0.3) is 5.89 Å². The molecule has 178 valence electrons. The van der Waals surface area contributed by atoms with E-state index in [2.05, 4.69) is 57.6 Å². The van der Waals surface area contributed by atoms with E-state index in [1.807, 2.05) is 24.3 Å². The average Bonchev–Trinajstić information content (AvgIpc) is 3.53.